The molecule has 0 aromatic heterocycles. The van der Waals surface area contributed by atoms with E-state index in [0.29, 0.717) is 0 Å². The SMILES string of the molecule is O=C(O)c1cc2ccccc2cc1O.[Mg]. The molecule has 72 valence electrons. The molecule has 2 rings (SSSR count). The summed E-state index contributed by atoms with van der Waals surface area (Å²) in [6, 6.07) is 10.2. The molecule has 0 heterocycles. The van der Waals surface area contributed by atoms with Gasteiger partial charge in [0.1, 0.15) is 11.3 Å². The van der Waals surface area contributed by atoms with Gasteiger partial charge >= 0.3 is 5.97 Å². The van der Waals surface area contributed by atoms with Crippen molar-refractivity contribution in [3.8, 4) is 5.75 Å². The predicted molar refractivity (Wildman–Crippen MR) is 58.3 cm³/mol. The third-order valence-electron chi connectivity index (χ3n) is 2.09. The van der Waals surface area contributed by atoms with Gasteiger partial charge in [-0.3, -0.25) is 0 Å². The minimum atomic E-state index is -1.12. The molecule has 3 nitrogen and oxygen atoms in total. The lowest BCUT2D eigenvalue weighted by Crippen LogP contribution is -1.96. The predicted octanol–water partition coefficient (Wildman–Crippen LogP) is 1.86. The summed E-state index contributed by atoms with van der Waals surface area (Å²) < 4.78 is 0. The number of benzene rings is 2. The molecule has 2 aromatic rings. The maximum absolute atomic E-state index is 10.7. The van der Waals surface area contributed by atoms with Crippen molar-refractivity contribution in [1.29, 1.82) is 0 Å². The standard InChI is InChI=1S/C11H8O3.Mg/c12-10-6-8-4-2-1-3-7(8)5-9(10)11(13)14;/h1-6,12H,(H,13,14);. The summed E-state index contributed by atoms with van der Waals surface area (Å²) >= 11 is 0. The van der Waals surface area contributed by atoms with Crippen LogP contribution in [0, 0.1) is 0 Å². The van der Waals surface area contributed by atoms with Crippen molar-refractivity contribution in [3.05, 3.63) is 42.0 Å². The van der Waals surface area contributed by atoms with E-state index in [4.69, 9.17) is 5.11 Å². The largest absolute Gasteiger partial charge is 0.507 e. The van der Waals surface area contributed by atoms with E-state index in [0.717, 1.165) is 10.8 Å². The first kappa shape index (κ1) is 11.8. The number of phenols is 1. The molecule has 0 amide bonds. The highest BCUT2D eigenvalue weighted by atomic mass is 24.3. The topological polar surface area (TPSA) is 57.5 Å². The van der Waals surface area contributed by atoms with Gasteiger partial charge in [-0.1, -0.05) is 24.3 Å². The molecule has 15 heavy (non-hydrogen) atoms. The van der Waals surface area contributed by atoms with Crippen molar-refractivity contribution in [2.75, 3.05) is 0 Å². The molecule has 0 spiro atoms. The number of carboxylic acids is 1. The molecule has 0 saturated heterocycles. The van der Waals surface area contributed by atoms with Crippen LogP contribution in [0.1, 0.15) is 10.4 Å². The van der Waals surface area contributed by atoms with Crippen LogP contribution in [0.15, 0.2) is 36.4 Å². The first-order valence-corrected chi connectivity index (χ1v) is 4.13. The summed E-state index contributed by atoms with van der Waals surface area (Å²) in [4.78, 5) is 10.7. The van der Waals surface area contributed by atoms with Crippen molar-refractivity contribution >= 4 is 39.8 Å². The Morgan fingerprint density at radius 1 is 1.07 bits per heavy atom. The lowest BCUT2D eigenvalue weighted by molar-refractivity contribution is 0.0694. The quantitative estimate of drug-likeness (QED) is 0.710. The van der Waals surface area contributed by atoms with Crippen LogP contribution in [0.25, 0.3) is 10.8 Å². The Labute approximate surface area is 102 Å². The third kappa shape index (κ3) is 2.22. The molecule has 0 saturated carbocycles. The summed E-state index contributed by atoms with van der Waals surface area (Å²) in [5.74, 6) is -1.32. The molecule has 0 aliphatic rings. The average Bonchev–Trinajstić information content (AvgIpc) is 2.16. The van der Waals surface area contributed by atoms with Crippen molar-refractivity contribution in [3.63, 3.8) is 0 Å². The van der Waals surface area contributed by atoms with Gasteiger partial charge in [-0.15, -0.1) is 0 Å². The van der Waals surface area contributed by atoms with Crippen LogP contribution < -0.4 is 0 Å². The minimum Gasteiger partial charge on any atom is -0.507 e. The number of aromatic carboxylic acids is 1. The lowest BCUT2D eigenvalue weighted by atomic mass is 10.1. The van der Waals surface area contributed by atoms with Gasteiger partial charge in [0.25, 0.3) is 0 Å². The molecule has 2 radical (unpaired) electrons. The van der Waals surface area contributed by atoms with Crippen LogP contribution >= 0.6 is 0 Å². The Kier molecular flexibility index (Phi) is 3.55. The van der Waals surface area contributed by atoms with Gasteiger partial charge in [-0.2, -0.15) is 0 Å². The summed E-state index contributed by atoms with van der Waals surface area (Å²) in [6.45, 7) is 0. The zero-order chi connectivity index (χ0) is 10.1. The second kappa shape index (κ2) is 4.50. The number of hydrogen-bond donors (Lipinski definition) is 2. The Morgan fingerprint density at radius 3 is 2.13 bits per heavy atom. The fourth-order valence-electron chi connectivity index (χ4n) is 1.40. The normalized spacial score (nSPS) is 9.60. The molecule has 0 bridgehead atoms. The molecular weight excluding hydrogens is 204 g/mol. The van der Waals surface area contributed by atoms with Crippen LogP contribution in [0.5, 0.6) is 5.75 Å². The highest BCUT2D eigenvalue weighted by Crippen LogP contribution is 2.24. The van der Waals surface area contributed by atoms with E-state index in [-0.39, 0.29) is 34.4 Å². The zero-order valence-corrected chi connectivity index (χ0v) is 9.39. The van der Waals surface area contributed by atoms with Crippen molar-refractivity contribution < 1.29 is 15.0 Å². The average molecular weight is 212 g/mol. The molecule has 2 aromatic carbocycles. The van der Waals surface area contributed by atoms with Gasteiger partial charge in [0.2, 0.25) is 0 Å². The third-order valence-corrected chi connectivity index (χ3v) is 2.09. The van der Waals surface area contributed by atoms with Crippen LogP contribution in [0.4, 0.5) is 0 Å². The smallest absolute Gasteiger partial charge is 0.339 e. The van der Waals surface area contributed by atoms with E-state index in [1.807, 2.05) is 18.2 Å². The fourth-order valence-corrected chi connectivity index (χ4v) is 1.40. The summed E-state index contributed by atoms with van der Waals surface area (Å²) in [5.41, 5.74) is -0.0660. The molecule has 2 N–H and O–H groups in total. The Hall–Kier alpha value is -1.26. The monoisotopic (exact) mass is 212 g/mol. The number of hydrogen-bond acceptors (Lipinski definition) is 2. The molecule has 0 aliphatic heterocycles. The van der Waals surface area contributed by atoms with Crippen molar-refractivity contribution in [2.24, 2.45) is 0 Å². The maximum atomic E-state index is 10.7. The van der Waals surface area contributed by atoms with Crippen molar-refractivity contribution in [1.82, 2.24) is 0 Å². The van der Waals surface area contributed by atoms with Crippen molar-refractivity contribution in [2.45, 2.75) is 0 Å². The maximum Gasteiger partial charge on any atom is 0.339 e. The Balaban J connectivity index is 0.00000112. The zero-order valence-electron chi connectivity index (χ0n) is 7.97. The molecule has 0 unspecified atom stereocenters. The van der Waals surface area contributed by atoms with E-state index >= 15 is 0 Å². The number of carbonyl (C=O) groups is 1. The Morgan fingerprint density at radius 2 is 1.60 bits per heavy atom. The highest BCUT2D eigenvalue weighted by Gasteiger charge is 2.09. The number of fused-ring (bicyclic) bond motifs is 1. The summed E-state index contributed by atoms with van der Waals surface area (Å²) in [5, 5.41) is 19.8. The van der Waals surface area contributed by atoms with E-state index in [9.17, 15) is 9.90 Å². The van der Waals surface area contributed by atoms with Crippen LogP contribution in [0.2, 0.25) is 0 Å². The second-order valence-electron chi connectivity index (χ2n) is 3.02. The number of carboxylic acid groups (broad SMARTS) is 1. The van der Waals surface area contributed by atoms with Gasteiger partial charge in [0.15, 0.2) is 0 Å². The van der Waals surface area contributed by atoms with Gasteiger partial charge < -0.3 is 10.2 Å². The second-order valence-corrected chi connectivity index (χ2v) is 3.02. The van der Waals surface area contributed by atoms with Crippen LogP contribution in [-0.2, 0) is 0 Å². The fraction of sp³-hybridized carbons (Fsp3) is 0. The van der Waals surface area contributed by atoms with E-state index in [2.05, 4.69) is 0 Å². The highest BCUT2D eigenvalue weighted by molar-refractivity contribution is 5.97. The molecule has 4 heteroatoms. The first-order chi connectivity index (χ1) is 6.68. The molecule has 0 atom stereocenters. The molecule has 0 fully saturated rings. The van der Waals surface area contributed by atoms with E-state index < -0.39 is 5.97 Å². The summed E-state index contributed by atoms with van der Waals surface area (Å²) in [7, 11) is 0. The van der Waals surface area contributed by atoms with Gasteiger partial charge in [-0.05, 0) is 22.9 Å². The van der Waals surface area contributed by atoms with Gasteiger partial charge in [0.05, 0.1) is 0 Å². The molecule has 0 aliphatic carbocycles. The Bertz CT molecular complexity index is 508. The van der Waals surface area contributed by atoms with Crippen LogP contribution in [-0.4, -0.2) is 39.2 Å². The number of aromatic hydroxyl groups is 1. The van der Waals surface area contributed by atoms with Crippen LogP contribution in [0.3, 0.4) is 0 Å². The van der Waals surface area contributed by atoms with E-state index in [1.54, 1.807) is 6.07 Å². The van der Waals surface area contributed by atoms with Gasteiger partial charge in [-0.25, -0.2) is 4.79 Å². The first-order valence-electron chi connectivity index (χ1n) is 4.13. The summed E-state index contributed by atoms with van der Waals surface area (Å²) in [6.07, 6.45) is 0. The minimum absolute atomic E-state index is 0. The molecular formula is C11H8MgO3. The number of rotatable bonds is 1. The lowest BCUT2D eigenvalue weighted by Gasteiger charge is -2.02. The van der Waals surface area contributed by atoms with Gasteiger partial charge in [0, 0.05) is 23.1 Å². The van der Waals surface area contributed by atoms with E-state index in [1.165, 1.54) is 12.1 Å².